The van der Waals surface area contributed by atoms with Gasteiger partial charge in [-0.1, -0.05) is 0 Å². The predicted octanol–water partition coefficient (Wildman–Crippen LogP) is -0.126. The second-order valence-electron chi connectivity index (χ2n) is 3.41. The fraction of sp³-hybridized carbons (Fsp3) is 0.875. The van der Waals surface area contributed by atoms with Crippen LogP contribution in [0.15, 0.2) is 0 Å². The molecule has 0 aliphatic carbocycles. The van der Waals surface area contributed by atoms with E-state index in [-0.39, 0.29) is 30.0 Å². The SMILES string of the molecule is CCS(=O)(=O)NC(=O)C1CCCNC1.Cl. The van der Waals surface area contributed by atoms with Crippen LogP contribution < -0.4 is 10.0 Å². The summed E-state index contributed by atoms with van der Waals surface area (Å²) < 4.78 is 24.3. The zero-order valence-corrected chi connectivity index (χ0v) is 10.3. The van der Waals surface area contributed by atoms with Gasteiger partial charge in [0.2, 0.25) is 15.9 Å². The lowest BCUT2D eigenvalue weighted by Gasteiger charge is -2.21. The molecule has 5 nitrogen and oxygen atoms in total. The summed E-state index contributed by atoms with van der Waals surface area (Å²) in [5.41, 5.74) is 0. The third kappa shape index (κ3) is 4.81. The van der Waals surface area contributed by atoms with Gasteiger partial charge in [0.15, 0.2) is 0 Å². The summed E-state index contributed by atoms with van der Waals surface area (Å²) in [5, 5.41) is 3.06. The zero-order valence-electron chi connectivity index (χ0n) is 8.65. The van der Waals surface area contributed by atoms with Crippen LogP contribution in [0.4, 0.5) is 0 Å². The van der Waals surface area contributed by atoms with Crippen molar-refractivity contribution in [3.05, 3.63) is 0 Å². The molecule has 1 fully saturated rings. The van der Waals surface area contributed by atoms with Crippen LogP contribution in [0.25, 0.3) is 0 Å². The molecular weight excluding hydrogens is 240 g/mol. The van der Waals surface area contributed by atoms with Crippen molar-refractivity contribution in [1.82, 2.24) is 10.0 Å². The monoisotopic (exact) mass is 256 g/mol. The third-order valence-electron chi connectivity index (χ3n) is 2.30. The molecule has 1 aliphatic heterocycles. The summed E-state index contributed by atoms with van der Waals surface area (Å²) in [6.07, 6.45) is 1.68. The molecule has 1 amide bonds. The van der Waals surface area contributed by atoms with Crippen LogP contribution in [0, 0.1) is 5.92 Å². The molecule has 0 spiro atoms. The highest BCUT2D eigenvalue weighted by Gasteiger charge is 2.23. The molecular formula is C8H17ClN2O3S. The number of piperidine rings is 1. The summed E-state index contributed by atoms with van der Waals surface area (Å²) in [4.78, 5) is 11.4. The minimum absolute atomic E-state index is 0. The molecule has 0 aromatic carbocycles. The van der Waals surface area contributed by atoms with Crippen LogP contribution in [0.1, 0.15) is 19.8 Å². The molecule has 15 heavy (non-hydrogen) atoms. The molecule has 2 N–H and O–H groups in total. The molecule has 0 saturated carbocycles. The Morgan fingerprint density at radius 2 is 2.20 bits per heavy atom. The molecule has 1 unspecified atom stereocenters. The van der Waals surface area contributed by atoms with Crippen molar-refractivity contribution in [3.8, 4) is 0 Å². The lowest BCUT2D eigenvalue weighted by atomic mass is 9.99. The number of hydrogen-bond acceptors (Lipinski definition) is 4. The number of hydrogen-bond donors (Lipinski definition) is 2. The van der Waals surface area contributed by atoms with Crippen LogP contribution in [-0.2, 0) is 14.8 Å². The molecule has 1 aliphatic rings. The van der Waals surface area contributed by atoms with Gasteiger partial charge in [0.1, 0.15) is 0 Å². The van der Waals surface area contributed by atoms with E-state index in [1.54, 1.807) is 0 Å². The van der Waals surface area contributed by atoms with E-state index in [4.69, 9.17) is 0 Å². The van der Waals surface area contributed by atoms with Crippen molar-refractivity contribution in [2.45, 2.75) is 19.8 Å². The highest BCUT2D eigenvalue weighted by molar-refractivity contribution is 7.90. The fourth-order valence-corrected chi connectivity index (χ4v) is 2.00. The Morgan fingerprint density at radius 1 is 1.53 bits per heavy atom. The molecule has 90 valence electrons. The fourth-order valence-electron chi connectivity index (χ4n) is 1.38. The molecule has 1 saturated heterocycles. The van der Waals surface area contributed by atoms with E-state index in [0.717, 1.165) is 19.4 Å². The maximum Gasteiger partial charge on any atom is 0.237 e. The van der Waals surface area contributed by atoms with Gasteiger partial charge in [-0.05, 0) is 26.3 Å². The Labute approximate surface area is 96.5 Å². The smallest absolute Gasteiger partial charge is 0.237 e. The number of amides is 1. The van der Waals surface area contributed by atoms with E-state index in [1.807, 2.05) is 0 Å². The molecule has 0 bridgehead atoms. The number of carbonyl (C=O) groups is 1. The largest absolute Gasteiger partial charge is 0.316 e. The molecule has 0 aromatic heterocycles. The minimum Gasteiger partial charge on any atom is -0.316 e. The van der Waals surface area contributed by atoms with Gasteiger partial charge in [0.25, 0.3) is 0 Å². The molecule has 1 rings (SSSR count). The van der Waals surface area contributed by atoms with Crippen molar-refractivity contribution < 1.29 is 13.2 Å². The Balaban J connectivity index is 0.00000196. The first-order valence-corrected chi connectivity index (χ1v) is 6.45. The van der Waals surface area contributed by atoms with Gasteiger partial charge in [-0.2, -0.15) is 0 Å². The second kappa shape index (κ2) is 6.30. The Kier molecular flexibility index (Phi) is 6.16. The van der Waals surface area contributed by atoms with Crippen molar-refractivity contribution in [3.63, 3.8) is 0 Å². The van der Waals surface area contributed by atoms with Crippen LogP contribution in [0.2, 0.25) is 0 Å². The van der Waals surface area contributed by atoms with Gasteiger partial charge in [0, 0.05) is 6.54 Å². The highest BCUT2D eigenvalue weighted by Crippen LogP contribution is 2.09. The second-order valence-corrected chi connectivity index (χ2v) is 5.42. The Hall–Kier alpha value is -0.330. The minimum atomic E-state index is -3.40. The standard InChI is InChI=1S/C8H16N2O3S.ClH/c1-2-14(12,13)10-8(11)7-4-3-5-9-6-7;/h7,9H,2-6H2,1H3,(H,10,11);1H. The highest BCUT2D eigenvalue weighted by atomic mass is 35.5. The van der Waals surface area contributed by atoms with Crippen LogP contribution >= 0.6 is 12.4 Å². The lowest BCUT2D eigenvalue weighted by Crippen LogP contribution is -2.43. The molecule has 0 aromatic rings. The maximum absolute atomic E-state index is 11.4. The van der Waals surface area contributed by atoms with E-state index in [1.165, 1.54) is 6.92 Å². The normalized spacial score (nSPS) is 21.5. The Morgan fingerprint density at radius 3 is 2.67 bits per heavy atom. The lowest BCUT2D eigenvalue weighted by molar-refractivity contribution is -0.123. The van der Waals surface area contributed by atoms with Gasteiger partial charge >= 0.3 is 0 Å². The number of halogens is 1. The average molecular weight is 257 g/mol. The van der Waals surface area contributed by atoms with Gasteiger partial charge in [-0.25, -0.2) is 8.42 Å². The van der Waals surface area contributed by atoms with Crippen LogP contribution in [0.3, 0.4) is 0 Å². The molecule has 1 heterocycles. The average Bonchev–Trinajstić information content (AvgIpc) is 2.19. The molecule has 0 radical (unpaired) electrons. The summed E-state index contributed by atoms with van der Waals surface area (Å²) >= 11 is 0. The van der Waals surface area contributed by atoms with Gasteiger partial charge < -0.3 is 5.32 Å². The van der Waals surface area contributed by atoms with Gasteiger partial charge in [0.05, 0.1) is 11.7 Å². The third-order valence-corrected chi connectivity index (χ3v) is 3.58. The van der Waals surface area contributed by atoms with E-state index < -0.39 is 10.0 Å². The van der Waals surface area contributed by atoms with Crippen molar-refractivity contribution >= 4 is 28.3 Å². The quantitative estimate of drug-likeness (QED) is 0.738. The first kappa shape index (κ1) is 14.7. The number of sulfonamides is 1. The Bertz CT molecular complexity index is 299. The first-order chi connectivity index (χ1) is 6.55. The summed E-state index contributed by atoms with van der Waals surface area (Å²) in [7, 11) is -3.40. The first-order valence-electron chi connectivity index (χ1n) is 4.80. The molecule has 1 atom stereocenters. The predicted molar refractivity (Wildman–Crippen MR) is 60.4 cm³/mol. The molecule has 7 heteroatoms. The maximum atomic E-state index is 11.4. The van der Waals surface area contributed by atoms with E-state index in [2.05, 4.69) is 10.0 Å². The number of rotatable bonds is 3. The van der Waals surface area contributed by atoms with E-state index in [9.17, 15) is 13.2 Å². The summed E-state index contributed by atoms with van der Waals surface area (Å²) in [6, 6.07) is 0. The van der Waals surface area contributed by atoms with Crippen molar-refractivity contribution in [1.29, 1.82) is 0 Å². The summed E-state index contributed by atoms with van der Waals surface area (Å²) in [6.45, 7) is 2.99. The van der Waals surface area contributed by atoms with Crippen LogP contribution in [-0.4, -0.2) is 33.2 Å². The van der Waals surface area contributed by atoms with E-state index >= 15 is 0 Å². The van der Waals surface area contributed by atoms with Gasteiger partial charge in [-0.3, -0.25) is 9.52 Å². The van der Waals surface area contributed by atoms with Crippen molar-refractivity contribution in [2.24, 2.45) is 5.92 Å². The summed E-state index contributed by atoms with van der Waals surface area (Å²) in [5.74, 6) is -0.636. The number of carbonyl (C=O) groups excluding carboxylic acids is 1. The number of nitrogens with one attached hydrogen (secondary N) is 2. The van der Waals surface area contributed by atoms with Crippen molar-refractivity contribution in [2.75, 3.05) is 18.8 Å². The van der Waals surface area contributed by atoms with Crippen LogP contribution in [0.5, 0.6) is 0 Å². The zero-order chi connectivity index (χ0) is 10.6. The van der Waals surface area contributed by atoms with E-state index in [0.29, 0.717) is 6.54 Å². The van der Waals surface area contributed by atoms with Gasteiger partial charge in [-0.15, -0.1) is 12.4 Å². The topological polar surface area (TPSA) is 75.3 Å².